The van der Waals surface area contributed by atoms with Crippen LogP contribution in [0.4, 0.5) is 34.6 Å². The number of aromatic hydroxyl groups is 1. The maximum Gasteiger partial charge on any atom is 0.170 e. The third-order valence-corrected chi connectivity index (χ3v) is 9.14. The molecule has 4 aromatic heterocycles. The van der Waals surface area contributed by atoms with Crippen LogP contribution in [0.2, 0.25) is 10.0 Å². The molecule has 0 bridgehead atoms. The zero-order valence-electron chi connectivity index (χ0n) is 29.6. The van der Waals surface area contributed by atoms with Gasteiger partial charge in [0.1, 0.15) is 34.8 Å². The fourth-order valence-electron chi connectivity index (χ4n) is 5.47. The van der Waals surface area contributed by atoms with Crippen molar-refractivity contribution in [1.29, 1.82) is 0 Å². The maximum absolute atomic E-state index is 11.4. The van der Waals surface area contributed by atoms with Gasteiger partial charge in [-0.05, 0) is 82.6 Å². The smallest absolute Gasteiger partial charge is 0.170 e. The van der Waals surface area contributed by atoms with Crippen molar-refractivity contribution in [3.63, 3.8) is 0 Å². The largest absolute Gasteiger partial charge is 0.506 e. The first-order valence-corrected chi connectivity index (χ1v) is 18.2. The normalized spacial score (nSPS) is 13.7. The van der Waals surface area contributed by atoms with Crippen LogP contribution >= 0.6 is 23.2 Å². The van der Waals surface area contributed by atoms with Gasteiger partial charge >= 0.3 is 0 Å². The fourth-order valence-corrected chi connectivity index (χ4v) is 5.89. The van der Waals surface area contributed by atoms with Gasteiger partial charge in [-0.25, -0.2) is 9.97 Å². The molecule has 0 saturated heterocycles. The van der Waals surface area contributed by atoms with Crippen molar-refractivity contribution >= 4 is 81.7 Å². The van der Waals surface area contributed by atoms with Gasteiger partial charge in [-0.15, -0.1) is 0 Å². The number of fused-ring (bicyclic) bond motifs is 2. The van der Waals surface area contributed by atoms with Crippen molar-refractivity contribution in [2.75, 3.05) is 48.5 Å². The summed E-state index contributed by atoms with van der Waals surface area (Å²) in [6.45, 7) is 1.56. The molecule has 17 heteroatoms. The Labute approximate surface area is 320 Å². The Kier molecular flexibility index (Phi) is 11.0. The van der Waals surface area contributed by atoms with Crippen LogP contribution in [0.25, 0.3) is 11.3 Å². The number of rotatable bonds is 15. The van der Waals surface area contributed by atoms with E-state index in [0.717, 1.165) is 68.5 Å². The van der Waals surface area contributed by atoms with Gasteiger partial charge in [-0.2, -0.15) is 19.2 Å². The lowest BCUT2D eigenvalue weighted by Gasteiger charge is -2.13. The summed E-state index contributed by atoms with van der Waals surface area (Å²) < 4.78 is 9.06. The summed E-state index contributed by atoms with van der Waals surface area (Å²) in [6.07, 6.45) is 9.92. The van der Waals surface area contributed by atoms with Crippen molar-refractivity contribution in [2.24, 2.45) is 0 Å². The second-order valence-corrected chi connectivity index (χ2v) is 14.2. The van der Waals surface area contributed by atoms with Gasteiger partial charge in [0.05, 0.1) is 40.2 Å². The third-order valence-electron chi connectivity index (χ3n) is 8.54. The van der Waals surface area contributed by atoms with E-state index >= 15 is 0 Å². The molecule has 0 unspecified atom stereocenters. The van der Waals surface area contributed by atoms with Crippen LogP contribution in [0.5, 0.6) is 11.5 Å². The molecule has 6 aromatic rings. The number of anilines is 6. The molecule has 54 heavy (non-hydrogen) atoms. The quantitative estimate of drug-likeness (QED) is 0.0408. The third kappa shape index (κ3) is 8.93. The van der Waals surface area contributed by atoms with Crippen LogP contribution in [0.3, 0.4) is 0 Å². The number of benzene rings is 2. The average Bonchev–Trinajstić information content (AvgIpc) is 4.07. The molecule has 4 heterocycles. The van der Waals surface area contributed by atoms with Crippen molar-refractivity contribution in [1.82, 2.24) is 34.1 Å². The van der Waals surface area contributed by atoms with Gasteiger partial charge in [0, 0.05) is 42.1 Å². The SMILES string of the molecule is CN(C)CCCOc1ccc(Nc2cc(NC3CC3)n3ncc(C=O)c3n2)cc1Cl.O=Cc1cnn2c(NC3CC3)cc(Nc3ccc(O)c(Cl)c3)nc12. The monoisotopic (exact) mass is 771 g/mol. The predicted molar refractivity (Wildman–Crippen MR) is 210 cm³/mol. The predicted octanol–water partition coefficient (Wildman–Crippen LogP) is 7.06. The Bertz CT molecular complexity index is 2300. The summed E-state index contributed by atoms with van der Waals surface area (Å²) in [5.74, 6) is 3.38. The lowest BCUT2D eigenvalue weighted by atomic mass is 10.3. The molecule has 2 fully saturated rings. The zero-order chi connectivity index (χ0) is 37.8. The molecule has 8 rings (SSSR count). The molecular weight excluding hydrogens is 733 g/mol. The Morgan fingerprint density at radius 3 is 1.78 bits per heavy atom. The van der Waals surface area contributed by atoms with Gasteiger partial charge in [0.2, 0.25) is 0 Å². The van der Waals surface area contributed by atoms with Gasteiger partial charge in [-0.1, -0.05) is 23.2 Å². The van der Waals surface area contributed by atoms with Gasteiger partial charge in [-0.3, -0.25) is 9.59 Å². The van der Waals surface area contributed by atoms with Crippen molar-refractivity contribution < 1.29 is 19.4 Å². The van der Waals surface area contributed by atoms with E-state index in [1.165, 1.54) is 18.5 Å². The van der Waals surface area contributed by atoms with Crippen LogP contribution in [0.1, 0.15) is 52.8 Å². The molecule has 2 aromatic carbocycles. The lowest BCUT2D eigenvalue weighted by Crippen LogP contribution is -2.15. The number of hydrogen-bond donors (Lipinski definition) is 5. The second kappa shape index (κ2) is 16.2. The molecule has 0 amide bonds. The van der Waals surface area contributed by atoms with Crippen LogP contribution in [-0.2, 0) is 0 Å². The number of phenols is 1. The van der Waals surface area contributed by atoms with E-state index in [0.29, 0.717) is 69.2 Å². The van der Waals surface area contributed by atoms with Crippen molar-refractivity contribution in [3.8, 4) is 11.5 Å². The number of hydrogen-bond acceptors (Lipinski definition) is 13. The number of aldehydes is 2. The highest BCUT2D eigenvalue weighted by molar-refractivity contribution is 6.32. The highest BCUT2D eigenvalue weighted by atomic mass is 35.5. The average molecular weight is 773 g/mol. The van der Waals surface area contributed by atoms with Crippen molar-refractivity contribution in [3.05, 3.63) is 82.1 Å². The number of halogens is 2. The van der Waals surface area contributed by atoms with E-state index in [1.54, 1.807) is 27.2 Å². The summed E-state index contributed by atoms with van der Waals surface area (Å²) in [4.78, 5) is 33.7. The molecule has 2 aliphatic rings. The van der Waals surface area contributed by atoms with Gasteiger partial charge < -0.3 is 36.0 Å². The number of ether oxygens (including phenoxy) is 1. The summed E-state index contributed by atoms with van der Waals surface area (Å²) >= 11 is 12.3. The maximum atomic E-state index is 11.4. The second-order valence-electron chi connectivity index (χ2n) is 13.4. The molecule has 0 radical (unpaired) electrons. The summed E-state index contributed by atoms with van der Waals surface area (Å²) in [5.41, 5.74) is 3.30. The first-order chi connectivity index (χ1) is 26.2. The number of nitrogens with zero attached hydrogens (tertiary/aromatic N) is 7. The summed E-state index contributed by atoms with van der Waals surface area (Å²) in [6, 6.07) is 14.9. The Balaban J connectivity index is 0.000000171. The highest BCUT2D eigenvalue weighted by Crippen LogP contribution is 2.32. The first-order valence-electron chi connectivity index (χ1n) is 17.5. The standard InChI is InChI=1S/C21H25ClN6O2.C16H14ClN5O2/c1-27(2)8-3-9-30-18-7-6-16(10-17(18)22)24-19-11-20(25-15-4-5-15)28-21(26-19)14(13-29)12-23-28;17-12-5-11(3-4-13(12)24)19-14-6-15(20-10-1-2-10)22-16(21-14)9(8-23)7-18-22/h6-7,10-13,15,25H,3-5,8-9H2,1-2H3,(H,24,26);3-8,10,20,24H,1-2H2,(H,19,21). The Hall–Kier alpha value is -5.64. The Morgan fingerprint density at radius 2 is 1.31 bits per heavy atom. The number of carbonyl (C=O) groups is 2. The van der Waals surface area contributed by atoms with Crippen LogP contribution in [-0.4, -0.2) is 91.1 Å². The number of phenolic OH excluding ortho intramolecular Hbond substituents is 1. The van der Waals surface area contributed by atoms with Crippen LogP contribution < -0.4 is 26.0 Å². The molecule has 2 saturated carbocycles. The molecule has 0 spiro atoms. The molecule has 280 valence electrons. The van der Waals surface area contributed by atoms with Crippen LogP contribution in [0.15, 0.2) is 60.9 Å². The van der Waals surface area contributed by atoms with E-state index < -0.39 is 0 Å². The zero-order valence-corrected chi connectivity index (χ0v) is 31.1. The van der Waals surface area contributed by atoms with E-state index in [-0.39, 0.29) is 10.8 Å². The number of nitrogens with one attached hydrogen (secondary N) is 4. The fraction of sp³-hybridized carbons (Fsp3) is 0.297. The molecule has 0 atom stereocenters. The summed E-state index contributed by atoms with van der Waals surface area (Å²) in [5, 5.41) is 32.0. The van der Waals surface area contributed by atoms with E-state index in [9.17, 15) is 14.7 Å². The topological polar surface area (TPSA) is 175 Å². The highest BCUT2D eigenvalue weighted by Gasteiger charge is 2.24. The van der Waals surface area contributed by atoms with E-state index in [1.807, 2.05) is 38.4 Å². The number of carbonyl (C=O) groups excluding carboxylic acids is 2. The van der Waals surface area contributed by atoms with Gasteiger partial charge in [0.15, 0.2) is 23.9 Å². The minimum absolute atomic E-state index is 0.0146. The minimum Gasteiger partial charge on any atom is -0.506 e. The Morgan fingerprint density at radius 1 is 0.796 bits per heavy atom. The summed E-state index contributed by atoms with van der Waals surface area (Å²) in [7, 11) is 4.07. The molecular formula is C37H39Cl2N11O4. The first kappa shape index (κ1) is 36.7. The molecule has 0 aliphatic heterocycles. The van der Waals surface area contributed by atoms with E-state index in [2.05, 4.69) is 46.3 Å². The molecule has 15 nitrogen and oxygen atoms in total. The van der Waals surface area contributed by atoms with Gasteiger partial charge in [0.25, 0.3) is 0 Å². The molecule has 2 aliphatic carbocycles. The minimum atomic E-state index is 0.0146. The van der Waals surface area contributed by atoms with E-state index in [4.69, 9.17) is 27.9 Å². The number of aromatic nitrogens is 6. The lowest BCUT2D eigenvalue weighted by molar-refractivity contribution is 0.111. The molecule has 5 N–H and O–H groups in total. The van der Waals surface area contributed by atoms with Crippen molar-refractivity contribution in [2.45, 2.75) is 44.2 Å². The van der Waals surface area contributed by atoms with Crippen LogP contribution in [0, 0.1) is 0 Å².